The van der Waals surface area contributed by atoms with Gasteiger partial charge < -0.3 is 9.30 Å². The summed E-state index contributed by atoms with van der Waals surface area (Å²) < 4.78 is 6.29. The van der Waals surface area contributed by atoms with Crippen molar-refractivity contribution in [3.63, 3.8) is 0 Å². The Morgan fingerprint density at radius 2 is 2.05 bits per heavy atom. The molecular formula is C15H15NO3. The van der Waals surface area contributed by atoms with Crippen LogP contribution < -0.4 is 5.56 Å². The van der Waals surface area contributed by atoms with E-state index in [0.29, 0.717) is 17.7 Å². The lowest BCUT2D eigenvalue weighted by Gasteiger charge is -2.07. The van der Waals surface area contributed by atoms with Crippen molar-refractivity contribution in [3.8, 4) is 0 Å². The first-order chi connectivity index (χ1) is 9.11. The fraction of sp³-hybridized carbons (Fsp3) is 0.200. The molecule has 1 aromatic heterocycles. The maximum Gasteiger partial charge on any atom is 0.337 e. The third-order valence-corrected chi connectivity index (χ3v) is 2.91. The lowest BCUT2D eigenvalue weighted by molar-refractivity contribution is 0.0600. The highest BCUT2D eigenvalue weighted by molar-refractivity contribution is 5.89. The number of carbonyl (C=O) groups excluding carboxylic acids is 1. The molecule has 0 saturated carbocycles. The molecule has 2 aromatic rings. The molecule has 0 bridgehead atoms. The average Bonchev–Trinajstić information content (AvgIpc) is 2.43. The molecule has 98 valence electrons. The molecule has 2 rings (SSSR count). The fourth-order valence-electron chi connectivity index (χ4n) is 1.89. The number of carbonyl (C=O) groups is 1. The monoisotopic (exact) mass is 257 g/mol. The number of methoxy groups -OCH3 is 1. The number of esters is 1. The van der Waals surface area contributed by atoms with Gasteiger partial charge in [0.25, 0.3) is 5.56 Å². The highest BCUT2D eigenvalue weighted by Crippen LogP contribution is 2.08. The predicted octanol–water partition coefficient (Wildman–Crippen LogP) is 1.99. The minimum atomic E-state index is -0.376. The number of nitrogens with zero attached hydrogens (tertiary/aromatic N) is 1. The van der Waals surface area contributed by atoms with Crippen LogP contribution in [0.1, 0.15) is 21.5 Å². The van der Waals surface area contributed by atoms with Crippen molar-refractivity contribution in [3.05, 3.63) is 69.6 Å². The van der Waals surface area contributed by atoms with Crippen LogP contribution in [-0.2, 0) is 11.3 Å². The molecule has 0 N–H and O–H groups in total. The lowest BCUT2D eigenvalue weighted by Crippen LogP contribution is -2.21. The molecule has 0 aliphatic carbocycles. The standard InChI is InChI=1S/C15H15NO3/c1-11-5-4-8-16(14(11)17)10-12-6-3-7-13(9-12)15(18)19-2/h3-9H,10H2,1-2H3. The normalized spacial score (nSPS) is 10.2. The zero-order valence-corrected chi connectivity index (χ0v) is 10.9. The van der Waals surface area contributed by atoms with Crippen LogP contribution in [0.3, 0.4) is 0 Å². The fourth-order valence-corrected chi connectivity index (χ4v) is 1.89. The molecule has 4 nitrogen and oxygen atoms in total. The molecule has 0 radical (unpaired) electrons. The van der Waals surface area contributed by atoms with Crippen molar-refractivity contribution in [1.29, 1.82) is 0 Å². The quantitative estimate of drug-likeness (QED) is 0.790. The first-order valence-corrected chi connectivity index (χ1v) is 5.95. The van der Waals surface area contributed by atoms with E-state index in [9.17, 15) is 9.59 Å². The maximum absolute atomic E-state index is 11.9. The number of aromatic nitrogens is 1. The van der Waals surface area contributed by atoms with Crippen molar-refractivity contribution >= 4 is 5.97 Å². The van der Waals surface area contributed by atoms with E-state index in [-0.39, 0.29) is 11.5 Å². The van der Waals surface area contributed by atoms with Gasteiger partial charge in [0.2, 0.25) is 0 Å². The molecule has 0 aliphatic rings. The Balaban J connectivity index is 2.31. The second-order valence-electron chi connectivity index (χ2n) is 4.32. The SMILES string of the molecule is COC(=O)c1cccc(Cn2cccc(C)c2=O)c1. The van der Waals surface area contributed by atoms with Gasteiger partial charge in [0, 0.05) is 11.8 Å². The second-order valence-corrected chi connectivity index (χ2v) is 4.32. The van der Waals surface area contributed by atoms with Gasteiger partial charge in [0.15, 0.2) is 0 Å². The Kier molecular flexibility index (Phi) is 3.80. The molecule has 0 spiro atoms. The van der Waals surface area contributed by atoms with Crippen LogP contribution in [0, 0.1) is 6.92 Å². The molecule has 19 heavy (non-hydrogen) atoms. The van der Waals surface area contributed by atoms with Crippen LogP contribution in [0.5, 0.6) is 0 Å². The van der Waals surface area contributed by atoms with Gasteiger partial charge in [0.1, 0.15) is 0 Å². The van der Waals surface area contributed by atoms with Gasteiger partial charge in [-0.05, 0) is 30.7 Å². The maximum atomic E-state index is 11.9. The Bertz CT molecular complexity index is 658. The van der Waals surface area contributed by atoms with E-state index in [4.69, 9.17) is 0 Å². The molecule has 0 aliphatic heterocycles. The third kappa shape index (κ3) is 2.91. The zero-order valence-electron chi connectivity index (χ0n) is 10.9. The second kappa shape index (κ2) is 5.52. The van der Waals surface area contributed by atoms with Gasteiger partial charge in [-0.1, -0.05) is 18.2 Å². The number of aryl methyl sites for hydroxylation is 1. The van der Waals surface area contributed by atoms with Crippen molar-refractivity contribution in [1.82, 2.24) is 4.57 Å². The van der Waals surface area contributed by atoms with E-state index >= 15 is 0 Å². The van der Waals surface area contributed by atoms with Crippen LogP contribution in [0.4, 0.5) is 0 Å². The van der Waals surface area contributed by atoms with Gasteiger partial charge in [0.05, 0.1) is 19.2 Å². The summed E-state index contributed by atoms with van der Waals surface area (Å²) in [5.74, 6) is -0.376. The van der Waals surface area contributed by atoms with Gasteiger partial charge >= 0.3 is 5.97 Å². The van der Waals surface area contributed by atoms with E-state index in [1.54, 1.807) is 42.0 Å². The van der Waals surface area contributed by atoms with Crippen LogP contribution in [-0.4, -0.2) is 17.6 Å². The summed E-state index contributed by atoms with van der Waals surface area (Å²) in [5, 5.41) is 0. The minimum absolute atomic E-state index is 0.0222. The summed E-state index contributed by atoms with van der Waals surface area (Å²) in [5.41, 5.74) is 2.05. The number of rotatable bonds is 3. The van der Waals surface area contributed by atoms with E-state index < -0.39 is 0 Å². The Morgan fingerprint density at radius 3 is 2.79 bits per heavy atom. The van der Waals surface area contributed by atoms with E-state index in [1.807, 2.05) is 12.1 Å². The molecule has 0 unspecified atom stereocenters. The number of benzene rings is 1. The van der Waals surface area contributed by atoms with Crippen LogP contribution in [0.25, 0.3) is 0 Å². The summed E-state index contributed by atoms with van der Waals surface area (Å²) in [6.07, 6.45) is 1.74. The molecule has 0 saturated heterocycles. The topological polar surface area (TPSA) is 48.3 Å². The van der Waals surface area contributed by atoms with Gasteiger partial charge in [-0.3, -0.25) is 4.79 Å². The van der Waals surface area contributed by atoms with E-state index in [1.165, 1.54) is 7.11 Å². The average molecular weight is 257 g/mol. The number of ether oxygens (including phenoxy) is 1. The van der Waals surface area contributed by atoms with Crippen molar-refractivity contribution < 1.29 is 9.53 Å². The van der Waals surface area contributed by atoms with Gasteiger partial charge in [-0.15, -0.1) is 0 Å². The van der Waals surface area contributed by atoms with Crippen molar-refractivity contribution in [2.45, 2.75) is 13.5 Å². The van der Waals surface area contributed by atoms with Crippen molar-refractivity contribution in [2.24, 2.45) is 0 Å². The molecule has 0 amide bonds. The highest BCUT2D eigenvalue weighted by Gasteiger charge is 2.06. The summed E-state index contributed by atoms with van der Waals surface area (Å²) in [6, 6.07) is 10.7. The summed E-state index contributed by atoms with van der Waals surface area (Å²) >= 11 is 0. The predicted molar refractivity (Wildman–Crippen MR) is 72.3 cm³/mol. The lowest BCUT2D eigenvalue weighted by atomic mass is 10.1. The van der Waals surface area contributed by atoms with Gasteiger partial charge in [-0.25, -0.2) is 4.79 Å². The largest absolute Gasteiger partial charge is 0.465 e. The smallest absolute Gasteiger partial charge is 0.337 e. The number of hydrogen-bond acceptors (Lipinski definition) is 3. The first kappa shape index (κ1) is 13.1. The molecule has 0 atom stereocenters. The van der Waals surface area contributed by atoms with Crippen LogP contribution in [0.15, 0.2) is 47.4 Å². The third-order valence-electron chi connectivity index (χ3n) is 2.91. The summed E-state index contributed by atoms with van der Waals surface area (Å²) in [4.78, 5) is 23.4. The zero-order chi connectivity index (χ0) is 13.8. The molecule has 4 heteroatoms. The number of hydrogen-bond donors (Lipinski definition) is 0. The Hall–Kier alpha value is -2.36. The van der Waals surface area contributed by atoms with Gasteiger partial charge in [-0.2, -0.15) is 0 Å². The molecule has 1 heterocycles. The van der Waals surface area contributed by atoms with E-state index in [2.05, 4.69) is 4.74 Å². The molecular weight excluding hydrogens is 242 g/mol. The Morgan fingerprint density at radius 1 is 1.26 bits per heavy atom. The first-order valence-electron chi connectivity index (χ1n) is 5.95. The van der Waals surface area contributed by atoms with Crippen molar-refractivity contribution in [2.75, 3.05) is 7.11 Å². The highest BCUT2D eigenvalue weighted by atomic mass is 16.5. The van der Waals surface area contributed by atoms with Crippen LogP contribution in [0.2, 0.25) is 0 Å². The Labute approximate surface area is 111 Å². The molecule has 1 aromatic carbocycles. The number of pyridine rings is 1. The van der Waals surface area contributed by atoms with E-state index in [0.717, 1.165) is 5.56 Å². The molecule has 0 fully saturated rings. The summed E-state index contributed by atoms with van der Waals surface area (Å²) in [7, 11) is 1.35. The minimum Gasteiger partial charge on any atom is -0.465 e. The summed E-state index contributed by atoms with van der Waals surface area (Å²) in [6.45, 7) is 2.22. The van der Waals surface area contributed by atoms with Crippen LogP contribution >= 0.6 is 0 Å².